The first-order chi connectivity index (χ1) is 12.5. The predicted molar refractivity (Wildman–Crippen MR) is 95.9 cm³/mol. The number of nitrogens with one attached hydrogen (secondary N) is 1. The van der Waals surface area contributed by atoms with E-state index in [2.05, 4.69) is 5.32 Å². The van der Waals surface area contributed by atoms with Gasteiger partial charge in [-0.05, 0) is 31.0 Å². The lowest BCUT2D eigenvalue weighted by Crippen LogP contribution is -2.46. The molecule has 1 unspecified atom stereocenters. The van der Waals surface area contributed by atoms with Gasteiger partial charge in [0.05, 0.1) is 12.2 Å². The van der Waals surface area contributed by atoms with Gasteiger partial charge in [-0.2, -0.15) is 0 Å². The molecule has 0 saturated carbocycles. The van der Waals surface area contributed by atoms with Gasteiger partial charge >= 0.3 is 5.97 Å². The first-order valence-corrected chi connectivity index (χ1v) is 8.44. The third-order valence-corrected chi connectivity index (χ3v) is 4.39. The molecule has 0 radical (unpaired) electrons. The number of carboxylic acids is 1. The Morgan fingerprint density at radius 1 is 1.12 bits per heavy atom. The van der Waals surface area contributed by atoms with Crippen LogP contribution >= 0.6 is 0 Å². The standard InChI is InChI=1S/C20H22FNO4/c1-3-20(19(24)25,14-9-6-5-7-10-14)13-22-18(23)15-11-8-12-16(21)17(15)26-4-2/h5-12H,3-4,13H2,1-2H3,(H,22,23)(H,24,25). The highest BCUT2D eigenvalue weighted by Crippen LogP contribution is 2.28. The fraction of sp³-hybridized carbons (Fsp3) is 0.300. The summed E-state index contributed by atoms with van der Waals surface area (Å²) in [6.07, 6.45) is 0.286. The van der Waals surface area contributed by atoms with Crippen molar-refractivity contribution in [2.24, 2.45) is 0 Å². The van der Waals surface area contributed by atoms with E-state index in [1.165, 1.54) is 18.2 Å². The van der Waals surface area contributed by atoms with Crippen molar-refractivity contribution >= 4 is 11.9 Å². The van der Waals surface area contributed by atoms with Crippen molar-refractivity contribution in [3.63, 3.8) is 0 Å². The average molecular weight is 359 g/mol. The van der Waals surface area contributed by atoms with Crippen LogP contribution in [0.4, 0.5) is 4.39 Å². The summed E-state index contributed by atoms with van der Waals surface area (Å²) >= 11 is 0. The van der Waals surface area contributed by atoms with E-state index in [0.29, 0.717) is 5.56 Å². The number of carbonyl (C=O) groups is 2. The number of carbonyl (C=O) groups excluding carboxylic acids is 1. The summed E-state index contributed by atoms with van der Waals surface area (Å²) in [7, 11) is 0. The van der Waals surface area contributed by atoms with Crippen molar-refractivity contribution in [2.75, 3.05) is 13.2 Å². The quantitative estimate of drug-likeness (QED) is 0.758. The molecule has 1 amide bonds. The fourth-order valence-electron chi connectivity index (χ4n) is 2.84. The van der Waals surface area contributed by atoms with Gasteiger partial charge in [-0.1, -0.05) is 43.3 Å². The molecule has 0 fully saturated rings. The number of amides is 1. The Balaban J connectivity index is 2.29. The highest BCUT2D eigenvalue weighted by atomic mass is 19.1. The van der Waals surface area contributed by atoms with E-state index in [4.69, 9.17) is 4.74 Å². The van der Waals surface area contributed by atoms with E-state index in [9.17, 15) is 19.1 Å². The van der Waals surface area contributed by atoms with E-state index >= 15 is 0 Å². The van der Waals surface area contributed by atoms with E-state index in [0.717, 1.165) is 0 Å². The number of carboxylic acid groups (broad SMARTS) is 1. The number of hydrogen-bond donors (Lipinski definition) is 2. The van der Waals surface area contributed by atoms with Crippen LogP contribution in [0.5, 0.6) is 5.75 Å². The molecular weight excluding hydrogens is 337 g/mol. The second-order valence-electron chi connectivity index (χ2n) is 5.84. The SMILES string of the molecule is CCOc1c(F)cccc1C(=O)NCC(CC)(C(=O)O)c1ccccc1. The van der Waals surface area contributed by atoms with Crippen molar-refractivity contribution in [1.29, 1.82) is 0 Å². The van der Waals surface area contributed by atoms with Gasteiger partial charge in [0.2, 0.25) is 0 Å². The Bertz CT molecular complexity index is 779. The van der Waals surface area contributed by atoms with Crippen molar-refractivity contribution < 1.29 is 23.8 Å². The molecule has 138 valence electrons. The number of para-hydroxylation sites is 1. The van der Waals surface area contributed by atoms with Gasteiger partial charge in [0.25, 0.3) is 5.91 Å². The molecule has 26 heavy (non-hydrogen) atoms. The van der Waals surface area contributed by atoms with E-state index < -0.39 is 23.1 Å². The van der Waals surface area contributed by atoms with Crippen molar-refractivity contribution in [1.82, 2.24) is 5.32 Å². The van der Waals surface area contributed by atoms with Gasteiger partial charge < -0.3 is 15.2 Å². The van der Waals surface area contributed by atoms with E-state index in [1.807, 2.05) is 0 Å². The molecule has 1 atom stereocenters. The molecule has 0 spiro atoms. The normalized spacial score (nSPS) is 12.9. The lowest BCUT2D eigenvalue weighted by molar-refractivity contribution is -0.143. The molecule has 6 heteroatoms. The molecule has 2 aromatic rings. The number of benzene rings is 2. The molecule has 0 aliphatic rings. The molecule has 0 aromatic heterocycles. The lowest BCUT2D eigenvalue weighted by atomic mass is 9.78. The maximum atomic E-state index is 13.9. The van der Waals surface area contributed by atoms with Crippen molar-refractivity contribution in [2.45, 2.75) is 25.7 Å². The van der Waals surface area contributed by atoms with Gasteiger partial charge in [0.1, 0.15) is 5.41 Å². The van der Waals surface area contributed by atoms with Crippen LogP contribution in [0.25, 0.3) is 0 Å². The summed E-state index contributed by atoms with van der Waals surface area (Å²) in [5.41, 5.74) is -0.634. The van der Waals surface area contributed by atoms with Crippen LogP contribution < -0.4 is 10.1 Å². The van der Waals surface area contributed by atoms with E-state index in [1.54, 1.807) is 44.2 Å². The number of ether oxygens (including phenoxy) is 1. The van der Waals surface area contributed by atoms with Crippen molar-refractivity contribution in [3.05, 3.63) is 65.5 Å². The van der Waals surface area contributed by atoms with E-state index in [-0.39, 0.29) is 30.9 Å². The largest absolute Gasteiger partial charge is 0.490 e. The van der Waals surface area contributed by atoms with Gasteiger partial charge in [-0.3, -0.25) is 9.59 Å². The molecule has 2 N–H and O–H groups in total. The first kappa shape index (κ1) is 19.4. The predicted octanol–water partition coefficient (Wildman–Crippen LogP) is 3.39. The van der Waals surface area contributed by atoms with Gasteiger partial charge in [-0.25, -0.2) is 4.39 Å². The Morgan fingerprint density at radius 2 is 1.81 bits per heavy atom. The zero-order valence-corrected chi connectivity index (χ0v) is 14.8. The molecule has 0 bridgehead atoms. The Hall–Kier alpha value is -2.89. The third-order valence-electron chi connectivity index (χ3n) is 4.39. The number of halogens is 1. The zero-order chi connectivity index (χ0) is 19.2. The topological polar surface area (TPSA) is 75.6 Å². The lowest BCUT2D eigenvalue weighted by Gasteiger charge is -2.29. The second-order valence-corrected chi connectivity index (χ2v) is 5.84. The van der Waals surface area contributed by atoms with Crippen LogP contribution in [0.3, 0.4) is 0 Å². The van der Waals surface area contributed by atoms with Crippen molar-refractivity contribution in [3.8, 4) is 5.75 Å². The molecule has 2 aromatic carbocycles. The molecule has 0 aliphatic carbocycles. The molecule has 0 heterocycles. The Kier molecular flexibility index (Phi) is 6.33. The molecule has 0 aliphatic heterocycles. The highest BCUT2D eigenvalue weighted by Gasteiger charge is 2.39. The summed E-state index contributed by atoms with van der Waals surface area (Å²) in [6, 6.07) is 12.8. The molecule has 0 saturated heterocycles. The van der Waals surface area contributed by atoms with Crippen LogP contribution in [0.2, 0.25) is 0 Å². The maximum absolute atomic E-state index is 13.9. The minimum absolute atomic E-state index is 0.0373. The van der Waals surface area contributed by atoms with Gasteiger partial charge in [0, 0.05) is 6.54 Å². The Labute approximate surface area is 151 Å². The second kappa shape index (κ2) is 8.47. The van der Waals surface area contributed by atoms with Gasteiger partial charge in [-0.15, -0.1) is 0 Å². The average Bonchev–Trinajstić information content (AvgIpc) is 2.65. The molecule has 2 rings (SSSR count). The van der Waals surface area contributed by atoms with Crippen LogP contribution in [0, 0.1) is 5.82 Å². The fourth-order valence-corrected chi connectivity index (χ4v) is 2.84. The summed E-state index contributed by atoms with van der Waals surface area (Å²) < 4.78 is 19.2. The third kappa shape index (κ3) is 3.85. The molecular formula is C20H22FNO4. The van der Waals surface area contributed by atoms with Crippen LogP contribution in [0.1, 0.15) is 36.2 Å². The summed E-state index contributed by atoms with van der Waals surface area (Å²) in [6.45, 7) is 3.53. The van der Waals surface area contributed by atoms with Crippen LogP contribution in [0.15, 0.2) is 48.5 Å². The number of aliphatic carboxylic acids is 1. The zero-order valence-electron chi connectivity index (χ0n) is 14.8. The summed E-state index contributed by atoms with van der Waals surface area (Å²) in [5, 5.41) is 12.4. The number of hydrogen-bond acceptors (Lipinski definition) is 3. The minimum atomic E-state index is -1.27. The number of rotatable bonds is 8. The Morgan fingerprint density at radius 3 is 2.38 bits per heavy atom. The monoisotopic (exact) mass is 359 g/mol. The summed E-state index contributed by atoms with van der Waals surface area (Å²) in [5.74, 6) is -2.38. The van der Waals surface area contributed by atoms with Crippen LogP contribution in [-0.4, -0.2) is 30.1 Å². The summed E-state index contributed by atoms with van der Waals surface area (Å²) in [4.78, 5) is 24.5. The molecule has 5 nitrogen and oxygen atoms in total. The maximum Gasteiger partial charge on any atom is 0.315 e. The van der Waals surface area contributed by atoms with Crippen LogP contribution in [-0.2, 0) is 10.2 Å². The highest BCUT2D eigenvalue weighted by molar-refractivity contribution is 5.97. The van der Waals surface area contributed by atoms with Gasteiger partial charge in [0.15, 0.2) is 11.6 Å². The smallest absolute Gasteiger partial charge is 0.315 e. The minimum Gasteiger partial charge on any atom is -0.490 e. The first-order valence-electron chi connectivity index (χ1n) is 8.44.